The third-order valence-electron chi connectivity index (χ3n) is 3.26. The van der Waals surface area contributed by atoms with E-state index in [1.165, 1.54) is 0 Å². The fourth-order valence-electron chi connectivity index (χ4n) is 2.07. The molecule has 0 aliphatic carbocycles. The fourth-order valence-corrected chi connectivity index (χ4v) is 2.31. The van der Waals surface area contributed by atoms with E-state index < -0.39 is 0 Å². The second kappa shape index (κ2) is 6.04. The largest absolute Gasteiger partial charge is 0.396 e. The van der Waals surface area contributed by atoms with Gasteiger partial charge in [-0.3, -0.25) is 4.68 Å². The first kappa shape index (κ1) is 15.5. The molecule has 5 heteroatoms. The van der Waals surface area contributed by atoms with Gasteiger partial charge in [-0.05, 0) is 18.8 Å². The van der Waals surface area contributed by atoms with Crippen molar-refractivity contribution in [1.82, 2.24) is 15.1 Å². The number of hydrogen-bond donors (Lipinski definition) is 2. The Balaban J connectivity index is 2.73. The molecule has 104 valence electrons. The van der Waals surface area contributed by atoms with Gasteiger partial charge in [0.2, 0.25) is 0 Å². The second-order valence-corrected chi connectivity index (χ2v) is 6.15. The second-order valence-electron chi connectivity index (χ2n) is 5.79. The minimum absolute atomic E-state index is 0.102. The molecule has 2 N–H and O–H groups in total. The maximum absolute atomic E-state index is 9.13. The van der Waals surface area contributed by atoms with Crippen molar-refractivity contribution < 1.29 is 5.11 Å². The normalized spacial score (nSPS) is 13.9. The number of aliphatic hydroxyl groups excluding tert-OH is 1. The Morgan fingerprint density at radius 2 is 2.06 bits per heavy atom. The lowest BCUT2D eigenvalue weighted by atomic mass is 9.85. The number of aliphatic hydroxyl groups is 1. The minimum Gasteiger partial charge on any atom is -0.396 e. The summed E-state index contributed by atoms with van der Waals surface area (Å²) < 4.78 is 1.69. The van der Waals surface area contributed by atoms with Crippen molar-refractivity contribution in [3.05, 3.63) is 16.4 Å². The summed E-state index contributed by atoms with van der Waals surface area (Å²) in [6.45, 7) is 9.32. The SMILES string of the molecule is Cc1nn(C)c(Cl)c1CNC(CCO)C(C)(C)C. The molecule has 0 aliphatic rings. The monoisotopic (exact) mass is 273 g/mol. The van der Waals surface area contributed by atoms with Crippen molar-refractivity contribution in [3.8, 4) is 0 Å². The van der Waals surface area contributed by atoms with Crippen LogP contribution >= 0.6 is 11.6 Å². The van der Waals surface area contributed by atoms with E-state index in [1.807, 2.05) is 14.0 Å². The molecule has 0 bridgehead atoms. The van der Waals surface area contributed by atoms with Crippen molar-refractivity contribution in [2.45, 2.75) is 46.7 Å². The van der Waals surface area contributed by atoms with Crippen LogP contribution in [-0.2, 0) is 13.6 Å². The molecule has 1 unspecified atom stereocenters. The van der Waals surface area contributed by atoms with Crippen LogP contribution in [-0.4, -0.2) is 27.5 Å². The fraction of sp³-hybridized carbons (Fsp3) is 0.769. The van der Waals surface area contributed by atoms with Gasteiger partial charge in [0, 0.05) is 31.8 Å². The molecule has 0 radical (unpaired) electrons. The minimum atomic E-state index is 0.102. The predicted molar refractivity (Wildman–Crippen MR) is 74.7 cm³/mol. The van der Waals surface area contributed by atoms with Gasteiger partial charge in [-0.15, -0.1) is 0 Å². The van der Waals surface area contributed by atoms with Crippen LogP contribution in [0.1, 0.15) is 38.4 Å². The number of hydrogen-bond acceptors (Lipinski definition) is 3. The molecule has 4 nitrogen and oxygen atoms in total. The predicted octanol–water partition coefficient (Wildman–Crippen LogP) is 2.27. The van der Waals surface area contributed by atoms with Crippen LogP contribution in [0.2, 0.25) is 5.15 Å². The van der Waals surface area contributed by atoms with E-state index in [4.69, 9.17) is 16.7 Å². The highest BCUT2D eigenvalue weighted by Crippen LogP contribution is 2.24. The van der Waals surface area contributed by atoms with E-state index in [1.54, 1.807) is 4.68 Å². The zero-order valence-electron chi connectivity index (χ0n) is 11.9. The zero-order valence-corrected chi connectivity index (χ0v) is 12.7. The van der Waals surface area contributed by atoms with Crippen LogP contribution in [0.4, 0.5) is 0 Å². The third-order valence-corrected chi connectivity index (χ3v) is 3.73. The molecule has 0 aliphatic heterocycles. The lowest BCUT2D eigenvalue weighted by molar-refractivity contribution is 0.196. The van der Waals surface area contributed by atoms with Crippen molar-refractivity contribution in [2.24, 2.45) is 12.5 Å². The Labute approximate surface area is 114 Å². The first-order valence-corrected chi connectivity index (χ1v) is 6.67. The molecular weight excluding hydrogens is 250 g/mol. The summed E-state index contributed by atoms with van der Waals surface area (Å²) in [4.78, 5) is 0. The first-order valence-electron chi connectivity index (χ1n) is 6.29. The highest BCUT2D eigenvalue weighted by atomic mass is 35.5. The number of aromatic nitrogens is 2. The van der Waals surface area contributed by atoms with E-state index in [2.05, 4.69) is 31.2 Å². The molecule has 1 atom stereocenters. The van der Waals surface area contributed by atoms with Gasteiger partial charge in [0.15, 0.2) is 0 Å². The maximum Gasteiger partial charge on any atom is 0.131 e. The van der Waals surface area contributed by atoms with Gasteiger partial charge >= 0.3 is 0 Å². The Kier molecular flexibility index (Phi) is 5.20. The summed E-state index contributed by atoms with van der Waals surface area (Å²) in [5, 5.41) is 17.6. The van der Waals surface area contributed by atoms with Gasteiger partial charge in [-0.2, -0.15) is 5.10 Å². The molecule has 1 aromatic rings. The Morgan fingerprint density at radius 1 is 1.44 bits per heavy atom. The molecule has 0 aromatic carbocycles. The molecule has 0 saturated carbocycles. The van der Waals surface area contributed by atoms with Crippen LogP contribution in [0.3, 0.4) is 0 Å². The highest BCUT2D eigenvalue weighted by molar-refractivity contribution is 6.30. The van der Waals surface area contributed by atoms with Crippen molar-refractivity contribution >= 4 is 11.6 Å². The highest BCUT2D eigenvalue weighted by Gasteiger charge is 2.24. The van der Waals surface area contributed by atoms with E-state index in [-0.39, 0.29) is 18.1 Å². The Hall–Kier alpha value is -0.580. The summed E-state index contributed by atoms with van der Waals surface area (Å²) in [6.07, 6.45) is 0.737. The number of rotatable bonds is 5. The first-order chi connectivity index (χ1) is 8.27. The molecule has 18 heavy (non-hydrogen) atoms. The summed E-state index contributed by atoms with van der Waals surface area (Å²) in [7, 11) is 1.84. The van der Waals surface area contributed by atoms with E-state index in [0.29, 0.717) is 11.7 Å². The quantitative estimate of drug-likeness (QED) is 0.865. The lowest BCUT2D eigenvalue weighted by Crippen LogP contribution is -2.40. The van der Waals surface area contributed by atoms with Gasteiger partial charge in [0.25, 0.3) is 0 Å². The molecule has 0 amide bonds. The number of nitrogens with one attached hydrogen (secondary N) is 1. The van der Waals surface area contributed by atoms with Gasteiger partial charge in [-0.25, -0.2) is 0 Å². The summed E-state index contributed by atoms with van der Waals surface area (Å²) in [5.41, 5.74) is 2.09. The van der Waals surface area contributed by atoms with Gasteiger partial charge in [0.1, 0.15) is 5.15 Å². The Morgan fingerprint density at radius 3 is 2.44 bits per heavy atom. The average Bonchev–Trinajstić information content (AvgIpc) is 2.48. The standard InChI is InChI=1S/C13H24ClN3O/c1-9-10(12(14)17(5)16-9)8-15-11(6-7-18)13(2,3)4/h11,15,18H,6-8H2,1-5H3. The van der Waals surface area contributed by atoms with Gasteiger partial charge < -0.3 is 10.4 Å². The molecular formula is C13H24ClN3O. The third kappa shape index (κ3) is 3.70. The molecule has 1 rings (SSSR count). The average molecular weight is 274 g/mol. The number of nitrogens with zero attached hydrogens (tertiary/aromatic N) is 2. The van der Waals surface area contributed by atoms with E-state index in [9.17, 15) is 0 Å². The van der Waals surface area contributed by atoms with Crippen LogP contribution in [0.15, 0.2) is 0 Å². The van der Waals surface area contributed by atoms with Crippen LogP contribution in [0, 0.1) is 12.3 Å². The molecule has 0 fully saturated rings. The van der Waals surface area contributed by atoms with E-state index in [0.717, 1.165) is 17.7 Å². The van der Waals surface area contributed by atoms with Crippen molar-refractivity contribution in [3.63, 3.8) is 0 Å². The molecule has 0 spiro atoms. The number of halogens is 1. The summed E-state index contributed by atoms with van der Waals surface area (Å²) in [5.74, 6) is 0. The summed E-state index contributed by atoms with van der Waals surface area (Å²) >= 11 is 6.20. The smallest absolute Gasteiger partial charge is 0.131 e. The maximum atomic E-state index is 9.13. The molecule has 1 heterocycles. The number of aryl methyl sites for hydroxylation is 2. The Bertz CT molecular complexity index is 396. The van der Waals surface area contributed by atoms with Crippen LogP contribution in [0.25, 0.3) is 0 Å². The van der Waals surface area contributed by atoms with Crippen LogP contribution in [0.5, 0.6) is 0 Å². The molecule has 0 saturated heterocycles. The zero-order chi connectivity index (χ0) is 13.9. The van der Waals surface area contributed by atoms with Gasteiger partial charge in [0.05, 0.1) is 5.69 Å². The van der Waals surface area contributed by atoms with Gasteiger partial charge in [-0.1, -0.05) is 32.4 Å². The van der Waals surface area contributed by atoms with E-state index >= 15 is 0 Å². The van der Waals surface area contributed by atoms with Crippen molar-refractivity contribution in [1.29, 1.82) is 0 Å². The van der Waals surface area contributed by atoms with Crippen molar-refractivity contribution in [2.75, 3.05) is 6.61 Å². The topological polar surface area (TPSA) is 50.1 Å². The molecule has 1 aromatic heterocycles. The van der Waals surface area contributed by atoms with Crippen LogP contribution < -0.4 is 5.32 Å². The summed E-state index contributed by atoms with van der Waals surface area (Å²) in [6, 6.07) is 0.248. The lowest BCUT2D eigenvalue weighted by Gasteiger charge is -2.31.